The Morgan fingerprint density at radius 3 is 2.36 bits per heavy atom. The summed E-state index contributed by atoms with van der Waals surface area (Å²) in [5.74, 6) is -0.456. The summed E-state index contributed by atoms with van der Waals surface area (Å²) in [6.07, 6.45) is -4.64. The van der Waals surface area contributed by atoms with Gasteiger partial charge in [0.15, 0.2) is 0 Å². The monoisotopic (exact) mass is 476 g/mol. The van der Waals surface area contributed by atoms with Crippen molar-refractivity contribution in [1.82, 2.24) is 9.47 Å². The van der Waals surface area contributed by atoms with Crippen molar-refractivity contribution >= 4 is 17.5 Å². The molecule has 2 heterocycles. The van der Waals surface area contributed by atoms with Crippen LogP contribution >= 0.6 is 11.6 Å². The van der Waals surface area contributed by atoms with E-state index in [-0.39, 0.29) is 24.3 Å². The van der Waals surface area contributed by atoms with Gasteiger partial charge in [0.1, 0.15) is 11.4 Å². The SMILES string of the molecule is CC1(C)CN(C(=O)c2c(-c3ccc(Cl)cc3)cc(C(F)(F)F)n2Cc2ccccc2)CCO1. The van der Waals surface area contributed by atoms with E-state index in [0.717, 1.165) is 10.6 Å². The lowest BCUT2D eigenvalue weighted by Gasteiger charge is -2.38. The summed E-state index contributed by atoms with van der Waals surface area (Å²) >= 11 is 6.00. The fourth-order valence-electron chi connectivity index (χ4n) is 4.13. The molecule has 33 heavy (non-hydrogen) atoms. The molecule has 0 N–H and O–H groups in total. The Labute approximate surface area is 195 Å². The highest BCUT2D eigenvalue weighted by molar-refractivity contribution is 6.30. The van der Waals surface area contributed by atoms with Gasteiger partial charge in [-0.05, 0) is 43.2 Å². The Morgan fingerprint density at radius 2 is 1.76 bits per heavy atom. The molecule has 1 fully saturated rings. The molecule has 1 aliphatic rings. The number of benzene rings is 2. The Kier molecular flexibility index (Phi) is 6.29. The van der Waals surface area contributed by atoms with Crippen molar-refractivity contribution in [2.75, 3.05) is 19.7 Å². The molecular weight excluding hydrogens is 453 g/mol. The van der Waals surface area contributed by atoms with Crippen molar-refractivity contribution in [3.05, 3.63) is 82.6 Å². The van der Waals surface area contributed by atoms with E-state index >= 15 is 0 Å². The molecule has 0 unspecified atom stereocenters. The van der Waals surface area contributed by atoms with Crippen LogP contribution in [0.1, 0.15) is 35.6 Å². The third-order valence-corrected chi connectivity index (χ3v) is 5.89. The van der Waals surface area contributed by atoms with E-state index < -0.39 is 23.4 Å². The molecule has 4 nitrogen and oxygen atoms in total. The van der Waals surface area contributed by atoms with Crippen molar-refractivity contribution in [3.8, 4) is 11.1 Å². The summed E-state index contributed by atoms with van der Waals surface area (Å²) in [7, 11) is 0. The number of alkyl halides is 3. The van der Waals surface area contributed by atoms with Crippen molar-refractivity contribution in [1.29, 1.82) is 0 Å². The lowest BCUT2D eigenvalue weighted by atomic mass is 10.0. The van der Waals surface area contributed by atoms with Gasteiger partial charge in [0.2, 0.25) is 0 Å². The summed E-state index contributed by atoms with van der Waals surface area (Å²) in [6, 6.07) is 16.3. The molecule has 0 radical (unpaired) electrons. The van der Waals surface area contributed by atoms with E-state index in [1.807, 2.05) is 13.8 Å². The second-order valence-corrected chi connectivity index (χ2v) is 9.14. The number of rotatable bonds is 4. The molecule has 2 aromatic carbocycles. The third kappa shape index (κ3) is 5.09. The van der Waals surface area contributed by atoms with Crippen LogP contribution in [0.4, 0.5) is 13.2 Å². The molecule has 1 amide bonds. The second kappa shape index (κ2) is 8.88. The number of carbonyl (C=O) groups is 1. The Bertz CT molecular complexity index is 1140. The van der Waals surface area contributed by atoms with Gasteiger partial charge in [0, 0.05) is 30.2 Å². The van der Waals surface area contributed by atoms with Gasteiger partial charge in [-0.3, -0.25) is 4.79 Å². The molecule has 0 spiro atoms. The number of amides is 1. The molecule has 0 saturated carbocycles. The van der Waals surface area contributed by atoms with Gasteiger partial charge in [-0.25, -0.2) is 0 Å². The average molecular weight is 477 g/mol. The molecule has 0 aliphatic carbocycles. The number of morpholine rings is 1. The highest BCUT2D eigenvalue weighted by Gasteiger charge is 2.40. The van der Waals surface area contributed by atoms with Crippen molar-refractivity contribution in [2.45, 2.75) is 32.2 Å². The molecule has 4 rings (SSSR count). The molecule has 8 heteroatoms. The first-order chi connectivity index (χ1) is 15.5. The molecule has 1 aliphatic heterocycles. The van der Waals surface area contributed by atoms with Gasteiger partial charge in [-0.15, -0.1) is 0 Å². The van der Waals surface area contributed by atoms with Gasteiger partial charge in [-0.2, -0.15) is 13.2 Å². The van der Waals surface area contributed by atoms with E-state index in [2.05, 4.69) is 0 Å². The summed E-state index contributed by atoms with van der Waals surface area (Å²) in [5.41, 5.74) is -0.0642. The molecule has 3 aromatic rings. The van der Waals surface area contributed by atoms with Gasteiger partial charge >= 0.3 is 6.18 Å². The van der Waals surface area contributed by atoms with E-state index in [1.165, 1.54) is 0 Å². The van der Waals surface area contributed by atoms with Crippen LogP contribution in [0, 0.1) is 0 Å². The molecular formula is C25H24ClF3N2O2. The van der Waals surface area contributed by atoms with E-state index in [4.69, 9.17) is 16.3 Å². The van der Waals surface area contributed by atoms with Gasteiger partial charge < -0.3 is 14.2 Å². The highest BCUT2D eigenvalue weighted by atomic mass is 35.5. The van der Waals surface area contributed by atoms with Gasteiger partial charge in [0.25, 0.3) is 5.91 Å². The fourth-order valence-corrected chi connectivity index (χ4v) is 4.26. The van der Waals surface area contributed by atoms with Crippen LogP contribution in [0.3, 0.4) is 0 Å². The number of hydrogen-bond donors (Lipinski definition) is 0. The topological polar surface area (TPSA) is 34.5 Å². The highest BCUT2D eigenvalue weighted by Crippen LogP contribution is 2.38. The molecule has 1 aromatic heterocycles. The second-order valence-electron chi connectivity index (χ2n) is 8.70. The number of carbonyl (C=O) groups excluding carboxylic acids is 1. The van der Waals surface area contributed by atoms with Crippen LogP contribution in [0.15, 0.2) is 60.7 Å². The Hall–Kier alpha value is -2.77. The molecule has 0 atom stereocenters. The zero-order valence-electron chi connectivity index (χ0n) is 18.3. The lowest BCUT2D eigenvalue weighted by molar-refractivity contribution is -0.143. The van der Waals surface area contributed by atoms with Gasteiger partial charge in [0.05, 0.1) is 12.2 Å². The maximum Gasteiger partial charge on any atom is 0.431 e. The minimum Gasteiger partial charge on any atom is -0.372 e. The molecule has 1 saturated heterocycles. The van der Waals surface area contributed by atoms with Crippen LogP contribution in [0.5, 0.6) is 0 Å². The van der Waals surface area contributed by atoms with Crippen LogP contribution in [-0.2, 0) is 17.5 Å². The van der Waals surface area contributed by atoms with E-state index in [9.17, 15) is 18.0 Å². The van der Waals surface area contributed by atoms with Crippen LogP contribution in [-0.4, -0.2) is 40.7 Å². The van der Waals surface area contributed by atoms with Crippen molar-refractivity contribution in [3.63, 3.8) is 0 Å². The number of ether oxygens (including phenoxy) is 1. The molecule has 174 valence electrons. The summed E-state index contributed by atoms with van der Waals surface area (Å²) in [4.78, 5) is 15.3. The fraction of sp³-hybridized carbons (Fsp3) is 0.320. The molecule has 0 bridgehead atoms. The first-order valence-electron chi connectivity index (χ1n) is 10.6. The van der Waals surface area contributed by atoms with Crippen LogP contribution < -0.4 is 0 Å². The van der Waals surface area contributed by atoms with Gasteiger partial charge in [-0.1, -0.05) is 54.1 Å². The van der Waals surface area contributed by atoms with Crippen molar-refractivity contribution < 1.29 is 22.7 Å². The summed E-state index contributed by atoms with van der Waals surface area (Å²) in [6.45, 7) is 4.54. The number of hydrogen-bond acceptors (Lipinski definition) is 2. The average Bonchev–Trinajstić information content (AvgIpc) is 3.13. The lowest BCUT2D eigenvalue weighted by Crippen LogP contribution is -2.51. The smallest absolute Gasteiger partial charge is 0.372 e. The Balaban J connectivity index is 1.90. The number of aromatic nitrogens is 1. The Morgan fingerprint density at radius 1 is 1.09 bits per heavy atom. The first kappa shape index (κ1) is 23.4. The first-order valence-corrected chi connectivity index (χ1v) is 11.0. The van der Waals surface area contributed by atoms with Crippen LogP contribution in [0.2, 0.25) is 5.02 Å². The quantitative estimate of drug-likeness (QED) is 0.454. The largest absolute Gasteiger partial charge is 0.431 e. The standard InChI is InChI=1S/C25H24ClF3N2O2/c1-24(2)16-30(12-13-33-24)23(32)22-20(18-8-10-19(26)11-9-18)14-21(25(27,28)29)31(22)15-17-6-4-3-5-7-17/h3-11,14H,12-13,15-16H2,1-2H3. The zero-order chi connectivity index (χ0) is 23.8. The number of halogens is 4. The minimum atomic E-state index is -4.64. The van der Waals surface area contributed by atoms with E-state index in [1.54, 1.807) is 59.5 Å². The third-order valence-electron chi connectivity index (χ3n) is 5.64. The summed E-state index contributed by atoms with van der Waals surface area (Å²) in [5, 5.41) is 0.460. The normalized spacial score (nSPS) is 16.1. The maximum absolute atomic E-state index is 14.2. The van der Waals surface area contributed by atoms with E-state index in [0.29, 0.717) is 29.3 Å². The minimum absolute atomic E-state index is 0.00574. The summed E-state index contributed by atoms with van der Waals surface area (Å²) < 4.78 is 49.3. The maximum atomic E-state index is 14.2. The van der Waals surface area contributed by atoms with Crippen LogP contribution in [0.25, 0.3) is 11.1 Å². The predicted molar refractivity (Wildman–Crippen MR) is 121 cm³/mol. The predicted octanol–water partition coefficient (Wildman–Crippen LogP) is 6.13. The zero-order valence-corrected chi connectivity index (χ0v) is 19.1. The number of nitrogens with zero attached hydrogens (tertiary/aromatic N) is 2. The van der Waals surface area contributed by atoms with Crippen molar-refractivity contribution in [2.24, 2.45) is 0 Å².